The van der Waals surface area contributed by atoms with Gasteiger partial charge in [-0.15, -0.1) is 0 Å². The van der Waals surface area contributed by atoms with Crippen LogP contribution in [0, 0.1) is 11.6 Å². The van der Waals surface area contributed by atoms with E-state index in [9.17, 15) is 13.6 Å². The molecule has 3 rings (SSSR count). The number of nitrogens with one attached hydrogen (secondary N) is 1. The molecule has 7 heteroatoms. The van der Waals surface area contributed by atoms with Crippen molar-refractivity contribution in [3.8, 4) is 5.69 Å². The molecule has 0 aliphatic carbocycles. The Morgan fingerprint density at radius 2 is 1.86 bits per heavy atom. The molecule has 22 heavy (non-hydrogen) atoms. The van der Waals surface area contributed by atoms with Gasteiger partial charge in [0.2, 0.25) is 0 Å². The second kappa shape index (κ2) is 5.72. The van der Waals surface area contributed by atoms with Crippen LogP contribution in [-0.4, -0.2) is 20.7 Å². The van der Waals surface area contributed by atoms with E-state index < -0.39 is 23.1 Å². The minimum absolute atomic E-state index is 0.291. The summed E-state index contributed by atoms with van der Waals surface area (Å²) in [7, 11) is 0. The SMILES string of the molecule is O=C(Nc1cnccc1-n1cccn1)c1c(F)cccc1F. The molecule has 1 aromatic carbocycles. The Morgan fingerprint density at radius 1 is 1.09 bits per heavy atom. The molecule has 1 N–H and O–H groups in total. The number of hydrogen-bond donors (Lipinski definition) is 1. The summed E-state index contributed by atoms with van der Waals surface area (Å²) in [4.78, 5) is 16.0. The van der Waals surface area contributed by atoms with E-state index in [0.29, 0.717) is 11.4 Å². The maximum absolute atomic E-state index is 13.6. The van der Waals surface area contributed by atoms with Crippen molar-refractivity contribution >= 4 is 11.6 Å². The Bertz CT molecular complexity index is 798. The van der Waals surface area contributed by atoms with Crippen molar-refractivity contribution in [2.24, 2.45) is 0 Å². The number of carbonyl (C=O) groups is 1. The van der Waals surface area contributed by atoms with E-state index in [1.807, 2.05) is 0 Å². The van der Waals surface area contributed by atoms with Gasteiger partial charge in [-0.2, -0.15) is 5.10 Å². The standard InChI is InChI=1S/C15H10F2N4O/c16-10-3-1-4-11(17)14(10)15(22)20-12-9-18-7-5-13(12)21-8-2-6-19-21/h1-9H,(H,20,22). The van der Waals surface area contributed by atoms with E-state index in [-0.39, 0.29) is 0 Å². The highest BCUT2D eigenvalue weighted by atomic mass is 19.1. The zero-order valence-electron chi connectivity index (χ0n) is 11.2. The predicted octanol–water partition coefficient (Wildman–Crippen LogP) is 2.80. The van der Waals surface area contributed by atoms with Crippen LogP contribution in [0.2, 0.25) is 0 Å². The molecule has 3 aromatic rings. The summed E-state index contributed by atoms with van der Waals surface area (Å²) in [5.74, 6) is -2.75. The quantitative estimate of drug-likeness (QED) is 0.809. The molecule has 0 aliphatic heterocycles. The van der Waals surface area contributed by atoms with E-state index in [4.69, 9.17) is 0 Å². The number of anilines is 1. The second-order valence-corrected chi connectivity index (χ2v) is 4.39. The normalized spacial score (nSPS) is 10.5. The van der Waals surface area contributed by atoms with E-state index in [1.165, 1.54) is 23.1 Å². The van der Waals surface area contributed by atoms with Crippen LogP contribution in [0.25, 0.3) is 5.69 Å². The van der Waals surface area contributed by atoms with Gasteiger partial charge in [0, 0.05) is 18.6 Å². The lowest BCUT2D eigenvalue weighted by molar-refractivity contribution is 0.101. The van der Waals surface area contributed by atoms with Crippen LogP contribution in [0.15, 0.2) is 55.1 Å². The Labute approximate surface area is 124 Å². The maximum atomic E-state index is 13.6. The van der Waals surface area contributed by atoms with Crippen LogP contribution in [0.3, 0.4) is 0 Å². The summed E-state index contributed by atoms with van der Waals surface area (Å²) >= 11 is 0. The van der Waals surface area contributed by atoms with Gasteiger partial charge in [0.25, 0.3) is 5.91 Å². The van der Waals surface area contributed by atoms with Crippen molar-refractivity contribution in [2.45, 2.75) is 0 Å². The number of benzene rings is 1. The van der Waals surface area contributed by atoms with Gasteiger partial charge in [0.15, 0.2) is 0 Å². The van der Waals surface area contributed by atoms with Crippen LogP contribution >= 0.6 is 0 Å². The zero-order valence-corrected chi connectivity index (χ0v) is 11.2. The molecule has 0 saturated carbocycles. The summed E-state index contributed by atoms with van der Waals surface area (Å²) in [5, 5.41) is 6.51. The molecular formula is C15H10F2N4O. The predicted molar refractivity (Wildman–Crippen MR) is 75.7 cm³/mol. The molecule has 0 fully saturated rings. The summed E-state index contributed by atoms with van der Waals surface area (Å²) in [6.07, 6.45) is 6.15. The van der Waals surface area contributed by atoms with E-state index in [1.54, 1.807) is 24.5 Å². The summed E-state index contributed by atoms with van der Waals surface area (Å²) < 4.78 is 28.8. The van der Waals surface area contributed by atoms with Crippen molar-refractivity contribution in [1.29, 1.82) is 0 Å². The van der Waals surface area contributed by atoms with Crippen molar-refractivity contribution in [3.05, 3.63) is 72.3 Å². The highest BCUT2D eigenvalue weighted by molar-refractivity contribution is 6.05. The van der Waals surface area contributed by atoms with E-state index >= 15 is 0 Å². The number of aromatic nitrogens is 3. The Kier molecular flexibility index (Phi) is 3.61. The number of halogens is 2. The number of carbonyl (C=O) groups excluding carboxylic acids is 1. The van der Waals surface area contributed by atoms with Gasteiger partial charge in [-0.05, 0) is 24.3 Å². The third kappa shape index (κ3) is 2.56. The molecule has 0 bridgehead atoms. The highest BCUT2D eigenvalue weighted by Gasteiger charge is 2.18. The lowest BCUT2D eigenvalue weighted by Crippen LogP contribution is -2.17. The van der Waals surface area contributed by atoms with Crippen LogP contribution in [0.1, 0.15) is 10.4 Å². The van der Waals surface area contributed by atoms with Crippen molar-refractivity contribution in [3.63, 3.8) is 0 Å². The molecule has 0 aliphatic rings. The Hall–Kier alpha value is -3.09. The summed E-state index contributed by atoms with van der Waals surface area (Å²) in [6.45, 7) is 0. The van der Waals surface area contributed by atoms with Gasteiger partial charge in [0.1, 0.15) is 17.2 Å². The van der Waals surface area contributed by atoms with Crippen LogP contribution in [0.5, 0.6) is 0 Å². The van der Waals surface area contributed by atoms with Gasteiger partial charge in [0.05, 0.1) is 17.6 Å². The van der Waals surface area contributed by atoms with Gasteiger partial charge < -0.3 is 5.32 Å². The van der Waals surface area contributed by atoms with Gasteiger partial charge in [-0.3, -0.25) is 9.78 Å². The topological polar surface area (TPSA) is 59.8 Å². The first kappa shape index (κ1) is 13.9. The minimum Gasteiger partial charge on any atom is -0.319 e. The molecule has 0 radical (unpaired) electrons. The number of pyridine rings is 1. The molecule has 5 nitrogen and oxygen atoms in total. The fourth-order valence-corrected chi connectivity index (χ4v) is 1.99. The minimum atomic E-state index is -0.929. The first-order chi connectivity index (χ1) is 10.7. The van der Waals surface area contributed by atoms with Crippen LogP contribution in [-0.2, 0) is 0 Å². The molecule has 2 aromatic heterocycles. The molecule has 1 amide bonds. The van der Waals surface area contributed by atoms with Crippen molar-refractivity contribution < 1.29 is 13.6 Å². The largest absolute Gasteiger partial charge is 0.319 e. The molecule has 110 valence electrons. The fourth-order valence-electron chi connectivity index (χ4n) is 1.99. The van der Waals surface area contributed by atoms with Gasteiger partial charge in [-0.25, -0.2) is 13.5 Å². The number of nitrogens with zero attached hydrogens (tertiary/aromatic N) is 3. The lowest BCUT2D eigenvalue weighted by Gasteiger charge is -2.11. The van der Waals surface area contributed by atoms with Crippen molar-refractivity contribution in [1.82, 2.24) is 14.8 Å². The van der Waals surface area contributed by atoms with E-state index in [0.717, 1.165) is 12.1 Å². The molecule has 0 saturated heterocycles. The average molecular weight is 300 g/mol. The van der Waals surface area contributed by atoms with Gasteiger partial charge in [-0.1, -0.05) is 6.07 Å². The third-order valence-corrected chi connectivity index (χ3v) is 2.99. The fraction of sp³-hybridized carbons (Fsp3) is 0. The second-order valence-electron chi connectivity index (χ2n) is 4.39. The highest BCUT2D eigenvalue weighted by Crippen LogP contribution is 2.20. The zero-order chi connectivity index (χ0) is 15.5. The molecule has 0 unspecified atom stereocenters. The first-order valence-corrected chi connectivity index (χ1v) is 6.36. The Balaban J connectivity index is 1.96. The third-order valence-electron chi connectivity index (χ3n) is 2.99. The smallest absolute Gasteiger partial charge is 0.261 e. The number of rotatable bonds is 3. The number of hydrogen-bond acceptors (Lipinski definition) is 3. The molecule has 2 heterocycles. The lowest BCUT2D eigenvalue weighted by atomic mass is 10.2. The molecule has 0 spiro atoms. The Morgan fingerprint density at radius 3 is 2.55 bits per heavy atom. The molecule has 0 atom stereocenters. The van der Waals surface area contributed by atoms with Crippen LogP contribution in [0.4, 0.5) is 14.5 Å². The summed E-state index contributed by atoms with van der Waals surface area (Å²) in [5.41, 5.74) is 0.182. The monoisotopic (exact) mass is 300 g/mol. The average Bonchev–Trinajstić information content (AvgIpc) is 3.01. The van der Waals surface area contributed by atoms with Crippen LogP contribution < -0.4 is 5.32 Å². The number of amides is 1. The van der Waals surface area contributed by atoms with E-state index in [2.05, 4.69) is 15.4 Å². The summed E-state index contributed by atoms with van der Waals surface area (Å²) in [6, 6.07) is 6.58. The maximum Gasteiger partial charge on any atom is 0.261 e. The van der Waals surface area contributed by atoms with Crippen molar-refractivity contribution in [2.75, 3.05) is 5.32 Å². The molecular weight excluding hydrogens is 290 g/mol. The van der Waals surface area contributed by atoms with Gasteiger partial charge >= 0.3 is 0 Å². The first-order valence-electron chi connectivity index (χ1n) is 6.36.